The molecule has 1 amide bonds. The van der Waals surface area contributed by atoms with E-state index in [1.165, 1.54) is 22.8 Å². The summed E-state index contributed by atoms with van der Waals surface area (Å²) >= 11 is 1.25. The molecule has 3 rings (SSSR count). The van der Waals surface area contributed by atoms with E-state index in [1.807, 2.05) is 6.07 Å². The molecule has 3 aromatic rings. The van der Waals surface area contributed by atoms with Crippen molar-refractivity contribution in [1.82, 2.24) is 9.97 Å². The third kappa shape index (κ3) is 2.84. The van der Waals surface area contributed by atoms with E-state index in [1.54, 1.807) is 18.5 Å². The van der Waals surface area contributed by atoms with Gasteiger partial charge in [0.2, 0.25) is 0 Å². The summed E-state index contributed by atoms with van der Waals surface area (Å²) in [5, 5.41) is 4.33. The van der Waals surface area contributed by atoms with Crippen LogP contribution in [0.2, 0.25) is 0 Å². The Morgan fingerprint density at radius 1 is 1.14 bits per heavy atom. The average molecular weight is 317 g/mol. The van der Waals surface area contributed by atoms with E-state index in [2.05, 4.69) is 15.3 Å². The molecule has 0 spiro atoms. The lowest BCUT2D eigenvalue weighted by Gasteiger charge is -2.05. The Hall–Kier alpha value is -2.67. The molecule has 0 atom stereocenters. The quantitative estimate of drug-likeness (QED) is 0.800. The van der Waals surface area contributed by atoms with Gasteiger partial charge in [0.05, 0.1) is 0 Å². The highest BCUT2D eigenvalue weighted by atomic mass is 32.1. The molecule has 110 valence electrons. The van der Waals surface area contributed by atoms with Crippen molar-refractivity contribution in [2.75, 3.05) is 5.32 Å². The molecule has 4 nitrogen and oxygen atoms in total. The van der Waals surface area contributed by atoms with E-state index in [4.69, 9.17) is 0 Å². The molecule has 0 aliphatic carbocycles. The second-order valence-electron chi connectivity index (χ2n) is 4.33. The molecule has 0 fully saturated rings. The van der Waals surface area contributed by atoms with Crippen molar-refractivity contribution in [2.24, 2.45) is 0 Å². The molecular formula is C15H9F2N3OS. The van der Waals surface area contributed by atoms with Crippen LogP contribution in [-0.4, -0.2) is 15.9 Å². The van der Waals surface area contributed by atoms with Crippen LogP contribution in [0.1, 0.15) is 10.5 Å². The van der Waals surface area contributed by atoms with Crippen LogP contribution >= 0.6 is 11.3 Å². The van der Waals surface area contributed by atoms with Gasteiger partial charge in [0.15, 0.2) is 0 Å². The summed E-state index contributed by atoms with van der Waals surface area (Å²) < 4.78 is 27.0. The average Bonchev–Trinajstić information content (AvgIpc) is 3.02. The number of anilines is 1. The fraction of sp³-hybridized carbons (Fsp3) is 0. The molecule has 2 aromatic heterocycles. The van der Waals surface area contributed by atoms with E-state index in [9.17, 15) is 13.6 Å². The van der Waals surface area contributed by atoms with Gasteiger partial charge in [0.25, 0.3) is 5.91 Å². The summed E-state index contributed by atoms with van der Waals surface area (Å²) in [4.78, 5) is 20.2. The molecule has 7 heteroatoms. The van der Waals surface area contributed by atoms with E-state index in [-0.39, 0.29) is 5.69 Å². The number of carbonyl (C=O) groups excluding carboxylic acids is 1. The van der Waals surface area contributed by atoms with E-state index >= 15 is 0 Å². The number of carbonyl (C=O) groups is 1. The minimum atomic E-state index is -0.837. The van der Waals surface area contributed by atoms with E-state index in [0.717, 1.165) is 17.7 Å². The molecule has 0 unspecified atom stereocenters. The van der Waals surface area contributed by atoms with Crippen LogP contribution in [0.3, 0.4) is 0 Å². The minimum Gasteiger partial charge on any atom is -0.316 e. The Balaban J connectivity index is 1.83. The van der Waals surface area contributed by atoms with Gasteiger partial charge in [-0.25, -0.2) is 13.8 Å². The second kappa shape index (κ2) is 5.98. The zero-order valence-corrected chi connectivity index (χ0v) is 11.9. The van der Waals surface area contributed by atoms with Crippen molar-refractivity contribution in [1.29, 1.82) is 0 Å². The number of benzene rings is 1. The van der Waals surface area contributed by atoms with Gasteiger partial charge in [-0.2, -0.15) is 0 Å². The van der Waals surface area contributed by atoms with Crippen molar-refractivity contribution in [3.8, 4) is 10.6 Å². The van der Waals surface area contributed by atoms with Gasteiger partial charge in [0.1, 0.15) is 28.0 Å². The van der Waals surface area contributed by atoms with E-state index < -0.39 is 23.2 Å². The molecule has 0 aliphatic heterocycles. The van der Waals surface area contributed by atoms with Crippen molar-refractivity contribution in [3.05, 3.63) is 65.4 Å². The van der Waals surface area contributed by atoms with Crippen molar-refractivity contribution in [2.45, 2.75) is 0 Å². The van der Waals surface area contributed by atoms with Crippen LogP contribution in [0.5, 0.6) is 0 Å². The lowest BCUT2D eigenvalue weighted by Crippen LogP contribution is -2.14. The summed E-state index contributed by atoms with van der Waals surface area (Å²) in [6.45, 7) is 0. The normalized spacial score (nSPS) is 10.5. The maximum Gasteiger partial charge on any atom is 0.275 e. The number of nitrogens with zero attached hydrogens (tertiary/aromatic N) is 2. The predicted molar refractivity (Wildman–Crippen MR) is 79.7 cm³/mol. The lowest BCUT2D eigenvalue weighted by atomic mass is 10.2. The monoisotopic (exact) mass is 317 g/mol. The van der Waals surface area contributed by atoms with Gasteiger partial charge >= 0.3 is 0 Å². The first-order chi connectivity index (χ1) is 10.6. The van der Waals surface area contributed by atoms with Crippen LogP contribution in [0, 0.1) is 11.6 Å². The zero-order valence-electron chi connectivity index (χ0n) is 11.1. The molecule has 0 saturated heterocycles. The molecule has 0 bridgehead atoms. The molecule has 1 aromatic carbocycles. The van der Waals surface area contributed by atoms with Crippen LogP contribution < -0.4 is 5.32 Å². The number of hydrogen-bond acceptors (Lipinski definition) is 4. The fourth-order valence-electron chi connectivity index (χ4n) is 1.79. The van der Waals surface area contributed by atoms with Crippen LogP contribution in [0.15, 0.2) is 48.1 Å². The minimum absolute atomic E-state index is 0.0894. The number of amides is 1. The number of pyridine rings is 1. The number of rotatable bonds is 3. The molecule has 22 heavy (non-hydrogen) atoms. The maximum absolute atomic E-state index is 13.5. The first kappa shape index (κ1) is 14.3. The summed E-state index contributed by atoms with van der Waals surface area (Å²) in [7, 11) is 0. The Labute approximate surface area is 128 Å². The summed E-state index contributed by atoms with van der Waals surface area (Å²) in [6, 6.07) is 6.93. The summed E-state index contributed by atoms with van der Waals surface area (Å²) in [6.07, 6.45) is 3.25. The molecule has 0 radical (unpaired) electrons. The fourth-order valence-corrected chi connectivity index (χ4v) is 2.59. The largest absolute Gasteiger partial charge is 0.316 e. The van der Waals surface area contributed by atoms with Gasteiger partial charge in [-0.15, -0.1) is 11.3 Å². The SMILES string of the molecule is O=C(Nc1c(F)cccc1F)c1csc(-c2cccnc2)n1. The van der Waals surface area contributed by atoms with Crippen LogP contribution in [0.25, 0.3) is 10.6 Å². The standard InChI is InChI=1S/C15H9F2N3OS/c16-10-4-1-5-11(17)13(10)20-14(21)12-8-22-15(19-12)9-3-2-6-18-7-9/h1-8H,(H,20,21). The molecule has 2 heterocycles. The number of para-hydroxylation sites is 1. The first-order valence-corrected chi connectivity index (χ1v) is 7.14. The van der Waals surface area contributed by atoms with Crippen LogP contribution in [-0.2, 0) is 0 Å². The van der Waals surface area contributed by atoms with Gasteiger partial charge in [-0.05, 0) is 24.3 Å². The van der Waals surface area contributed by atoms with Crippen molar-refractivity contribution in [3.63, 3.8) is 0 Å². The van der Waals surface area contributed by atoms with Gasteiger partial charge in [-0.3, -0.25) is 9.78 Å². The topological polar surface area (TPSA) is 54.9 Å². The van der Waals surface area contributed by atoms with Crippen molar-refractivity contribution < 1.29 is 13.6 Å². The Bertz CT molecular complexity index is 800. The van der Waals surface area contributed by atoms with Gasteiger partial charge in [-0.1, -0.05) is 6.07 Å². The van der Waals surface area contributed by atoms with Crippen LogP contribution in [0.4, 0.5) is 14.5 Å². The molecule has 0 saturated carbocycles. The third-order valence-corrected chi connectivity index (χ3v) is 3.74. The number of nitrogens with one attached hydrogen (secondary N) is 1. The van der Waals surface area contributed by atoms with Crippen molar-refractivity contribution >= 4 is 22.9 Å². The molecule has 0 aliphatic rings. The Kier molecular flexibility index (Phi) is 3.88. The van der Waals surface area contributed by atoms with Gasteiger partial charge in [0, 0.05) is 23.3 Å². The maximum atomic E-state index is 13.5. The number of hydrogen-bond donors (Lipinski definition) is 1. The van der Waals surface area contributed by atoms with E-state index in [0.29, 0.717) is 5.01 Å². The first-order valence-electron chi connectivity index (χ1n) is 6.26. The molecular weight excluding hydrogens is 308 g/mol. The Morgan fingerprint density at radius 2 is 1.91 bits per heavy atom. The summed E-state index contributed by atoms with van der Waals surface area (Å²) in [5.74, 6) is -2.34. The molecule has 1 N–H and O–H groups in total. The highest BCUT2D eigenvalue weighted by Gasteiger charge is 2.16. The highest BCUT2D eigenvalue weighted by Crippen LogP contribution is 2.24. The smallest absolute Gasteiger partial charge is 0.275 e. The number of aromatic nitrogens is 2. The second-order valence-corrected chi connectivity index (χ2v) is 5.19. The predicted octanol–water partition coefficient (Wildman–Crippen LogP) is 3.74. The Morgan fingerprint density at radius 3 is 2.59 bits per heavy atom. The summed E-state index contributed by atoms with van der Waals surface area (Å²) in [5.41, 5.74) is 0.374. The lowest BCUT2D eigenvalue weighted by molar-refractivity contribution is 0.102. The highest BCUT2D eigenvalue weighted by molar-refractivity contribution is 7.13. The third-order valence-electron chi connectivity index (χ3n) is 2.85. The number of halogens is 2. The number of thiazole rings is 1. The zero-order chi connectivity index (χ0) is 15.5. The van der Waals surface area contributed by atoms with Gasteiger partial charge < -0.3 is 5.32 Å².